The van der Waals surface area contributed by atoms with Gasteiger partial charge in [0.25, 0.3) is 0 Å². The van der Waals surface area contributed by atoms with Crippen LogP contribution in [0, 0.1) is 18.3 Å². The number of rotatable bonds is 7. The number of piperazine rings is 1. The number of nitrogens with one attached hydrogen (secondary N) is 1. The maximum Gasteiger partial charge on any atom is 0.417 e. The summed E-state index contributed by atoms with van der Waals surface area (Å²) in [5.74, 6) is 0. The molecule has 2 aliphatic heterocycles. The van der Waals surface area contributed by atoms with Crippen LogP contribution in [-0.2, 0) is 6.18 Å². The minimum atomic E-state index is -4.54. The molecule has 0 aliphatic carbocycles. The van der Waals surface area contributed by atoms with Crippen LogP contribution in [0.4, 0.5) is 24.5 Å². The monoisotopic (exact) mass is 529 g/mol. The van der Waals surface area contributed by atoms with Crippen molar-refractivity contribution >= 4 is 28.6 Å². The van der Waals surface area contributed by atoms with Crippen LogP contribution in [0.5, 0.6) is 0 Å². The lowest BCUT2D eigenvalue weighted by atomic mass is 10.0. The van der Waals surface area contributed by atoms with Gasteiger partial charge in [-0.15, -0.1) is 0 Å². The molecule has 37 heavy (non-hydrogen) atoms. The van der Waals surface area contributed by atoms with Crippen LogP contribution in [-0.4, -0.2) is 61.7 Å². The number of anilines is 2. The summed E-state index contributed by atoms with van der Waals surface area (Å²) in [5.41, 5.74) is 1.87. The molecule has 5 nitrogen and oxygen atoms in total. The average molecular weight is 530 g/mol. The average Bonchev–Trinajstić information content (AvgIpc) is 2.89. The lowest BCUT2D eigenvalue weighted by Gasteiger charge is -2.36. The first-order valence-corrected chi connectivity index (χ1v) is 13.3. The number of piperidine rings is 1. The highest BCUT2D eigenvalue weighted by Gasteiger charge is 2.34. The van der Waals surface area contributed by atoms with Gasteiger partial charge in [-0.05, 0) is 69.5 Å². The fourth-order valence-electron chi connectivity index (χ4n) is 5.09. The molecule has 0 radical (unpaired) electrons. The van der Waals surface area contributed by atoms with Crippen molar-refractivity contribution < 1.29 is 13.2 Å². The van der Waals surface area contributed by atoms with E-state index < -0.39 is 11.7 Å². The number of alkyl halides is 3. The Morgan fingerprint density at radius 1 is 0.973 bits per heavy atom. The van der Waals surface area contributed by atoms with Crippen molar-refractivity contribution in [3.05, 3.63) is 59.2 Å². The first-order chi connectivity index (χ1) is 17.7. The van der Waals surface area contributed by atoms with E-state index in [1.165, 1.54) is 17.3 Å². The second-order valence-electron chi connectivity index (χ2n) is 9.94. The maximum atomic E-state index is 13.3. The molecular formula is C28H34F3N5S. The van der Waals surface area contributed by atoms with Gasteiger partial charge >= 0.3 is 6.18 Å². The molecule has 0 unspecified atom stereocenters. The lowest BCUT2D eigenvalue weighted by molar-refractivity contribution is -0.137. The molecule has 2 aliphatic rings. The Labute approximate surface area is 222 Å². The number of aryl methyl sites for hydroxylation is 1. The minimum absolute atomic E-state index is 0.238. The van der Waals surface area contributed by atoms with E-state index in [-0.39, 0.29) is 11.6 Å². The maximum absolute atomic E-state index is 13.3. The van der Waals surface area contributed by atoms with Crippen molar-refractivity contribution in [1.29, 1.82) is 5.26 Å². The predicted octanol–water partition coefficient (Wildman–Crippen LogP) is 5.37. The van der Waals surface area contributed by atoms with Crippen LogP contribution in [0.1, 0.15) is 42.4 Å². The molecule has 4 rings (SSSR count). The second kappa shape index (κ2) is 12.1. The van der Waals surface area contributed by atoms with Crippen LogP contribution >= 0.6 is 12.2 Å². The number of halogens is 3. The van der Waals surface area contributed by atoms with Gasteiger partial charge < -0.3 is 15.1 Å². The summed E-state index contributed by atoms with van der Waals surface area (Å²) in [6, 6.07) is 14.6. The van der Waals surface area contributed by atoms with E-state index in [4.69, 9.17) is 17.5 Å². The summed E-state index contributed by atoms with van der Waals surface area (Å²) in [5, 5.41) is 12.5. The standard InChI is InChI=1S/C28H34F3N5S/c1-21-4-7-24(8-5-21)36-17-15-34(16-18-36)12-2-3-27(37)33-23-10-13-35(14-11-23)25-9-6-22(20-32)26(19-25)28(29,30)31/h4-9,19,23H,2-3,10-18H2,1H3,(H,33,37). The summed E-state index contributed by atoms with van der Waals surface area (Å²) in [6.45, 7) is 8.61. The first-order valence-electron chi connectivity index (χ1n) is 12.9. The van der Waals surface area contributed by atoms with Gasteiger partial charge in [-0.2, -0.15) is 18.4 Å². The Bertz CT molecular complexity index is 1100. The summed E-state index contributed by atoms with van der Waals surface area (Å²) >= 11 is 5.60. The highest BCUT2D eigenvalue weighted by atomic mass is 32.1. The third-order valence-corrected chi connectivity index (χ3v) is 7.63. The Morgan fingerprint density at radius 3 is 2.22 bits per heavy atom. The predicted molar refractivity (Wildman–Crippen MR) is 146 cm³/mol. The van der Waals surface area contributed by atoms with Crippen molar-refractivity contribution in [2.45, 2.75) is 44.8 Å². The van der Waals surface area contributed by atoms with Crippen molar-refractivity contribution in [2.75, 3.05) is 55.6 Å². The first kappa shape index (κ1) is 27.2. The van der Waals surface area contributed by atoms with Gasteiger partial charge in [0.2, 0.25) is 0 Å². The molecule has 0 saturated carbocycles. The number of hydrogen-bond donors (Lipinski definition) is 1. The smallest absolute Gasteiger partial charge is 0.377 e. The van der Waals surface area contributed by atoms with Crippen molar-refractivity contribution in [1.82, 2.24) is 10.2 Å². The Hall–Kier alpha value is -2.83. The van der Waals surface area contributed by atoms with E-state index in [1.54, 1.807) is 12.1 Å². The van der Waals surface area contributed by atoms with Gasteiger partial charge in [0.05, 0.1) is 22.2 Å². The minimum Gasteiger partial charge on any atom is -0.377 e. The van der Waals surface area contributed by atoms with Crippen LogP contribution in [0.15, 0.2) is 42.5 Å². The van der Waals surface area contributed by atoms with Crippen molar-refractivity contribution in [3.8, 4) is 6.07 Å². The topological polar surface area (TPSA) is 45.5 Å². The summed E-state index contributed by atoms with van der Waals surface area (Å²) in [4.78, 5) is 7.76. The molecule has 2 saturated heterocycles. The van der Waals surface area contributed by atoms with Crippen LogP contribution < -0.4 is 15.1 Å². The van der Waals surface area contributed by atoms with E-state index in [9.17, 15) is 13.2 Å². The Morgan fingerprint density at radius 2 is 1.59 bits per heavy atom. The van der Waals surface area contributed by atoms with Gasteiger partial charge in [-0.1, -0.05) is 29.9 Å². The van der Waals surface area contributed by atoms with E-state index >= 15 is 0 Å². The largest absolute Gasteiger partial charge is 0.417 e. The molecule has 0 aromatic heterocycles. The van der Waals surface area contributed by atoms with E-state index in [0.29, 0.717) is 18.8 Å². The van der Waals surface area contributed by atoms with E-state index in [1.807, 2.05) is 4.90 Å². The number of benzene rings is 2. The van der Waals surface area contributed by atoms with E-state index in [2.05, 4.69) is 46.3 Å². The number of thiocarbonyl (C=S) groups is 1. The zero-order chi connectivity index (χ0) is 26.4. The molecule has 0 bridgehead atoms. The highest BCUT2D eigenvalue weighted by molar-refractivity contribution is 7.80. The number of nitrogens with zero attached hydrogens (tertiary/aromatic N) is 4. The molecule has 9 heteroatoms. The van der Waals surface area contributed by atoms with Crippen molar-refractivity contribution in [3.63, 3.8) is 0 Å². The highest BCUT2D eigenvalue weighted by Crippen LogP contribution is 2.35. The molecule has 2 fully saturated rings. The second-order valence-corrected chi connectivity index (χ2v) is 10.4. The van der Waals surface area contributed by atoms with Gasteiger partial charge in [-0.25, -0.2) is 0 Å². The van der Waals surface area contributed by atoms with E-state index in [0.717, 1.165) is 69.5 Å². The van der Waals surface area contributed by atoms with Gasteiger partial charge in [0.1, 0.15) is 0 Å². The molecule has 2 aromatic rings. The normalized spacial score (nSPS) is 17.5. The molecule has 0 amide bonds. The molecule has 0 spiro atoms. The van der Waals surface area contributed by atoms with Gasteiger partial charge in [-0.3, -0.25) is 4.90 Å². The third-order valence-electron chi connectivity index (χ3n) is 7.30. The fraction of sp³-hybridized carbons (Fsp3) is 0.500. The molecular weight excluding hydrogens is 495 g/mol. The lowest BCUT2D eigenvalue weighted by Crippen LogP contribution is -2.47. The van der Waals surface area contributed by atoms with Gasteiger partial charge in [0.15, 0.2) is 0 Å². The van der Waals surface area contributed by atoms with Gasteiger partial charge in [0, 0.05) is 56.7 Å². The van der Waals surface area contributed by atoms with Crippen molar-refractivity contribution in [2.24, 2.45) is 0 Å². The zero-order valence-electron chi connectivity index (χ0n) is 21.2. The van der Waals surface area contributed by atoms with Crippen LogP contribution in [0.25, 0.3) is 0 Å². The summed E-state index contributed by atoms with van der Waals surface area (Å²) < 4.78 is 39.9. The third kappa shape index (κ3) is 7.36. The molecule has 198 valence electrons. The summed E-state index contributed by atoms with van der Waals surface area (Å²) in [7, 11) is 0. The Balaban J connectivity index is 1.15. The molecule has 1 N–H and O–H groups in total. The molecule has 2 aromatic carbocycles. The van der Waals surface area contributed by atoms with Crippen LogP contribution in [0.2, 0.25) is 0 Å². The fourth-order valence-corrected chi connectivity index (χ4v) is 5.40. The summed E-state index contributed by atoms with van der Waals surface area (Å²) in [6.07, 6.45) is -1.06. The Kier molecular flexibility index (Phi) is 8.93. The number of nitriles is 1. The number of hydrogen-bond acceptors (Lipinski definition) is 5. The molecule has 0 atom stereocenters. The quantitative estimate of drug-likeness (QED) is 0.487. The zero-order valence-corrected chi connectivity index (χ0v) is 22.0. The SMILES string of the molecule is Cc1ccc(N2CCN(CCCC(=S)NC3CCN(c4ccc(C#N)c(C(F)(F)F)c4)CC3)CC2)cc1. The molecule has 2 heterocycles. The van der Waals surface area contributed by atoms with Crippen LogP contribution in [0.3, 0.4) is 0 Å².